The molecular formula is C5H11INO2-. The fraction of sp³-hybridized carbons (Fsp3) is 0.800. The van der Waals surface area contributed by atoms with Gasteiger partial charge in [-0.3, -0.25) is 0 Å². The standard InChI is InChI=1S/C5H11INO2/c1-3-9-5(8)4-7-6-2/h7H,3-4H2,1-2H3/q-1. The van der Waals surface area contributed by atoms with Crippen LogP contribution in [-0.4, -0.2) is 24.1 Å². The van der Waals surface area contributed by atoms with Crippen LogP contribution in [0.3, 0.4) is 0 Å². The molecule has 0 radical (unpaired) electrons. The average molecular weight is 244 g/mol. The van der Waals surface area contributed by atoms with Gasteiger partial charge in [-0.15, -0.1) is 0 Å². The Bertz CT molecular complexity index is 87.0. The zero-order valence-corrected chi connectivity index (χ0v) is 7.77. The van der Waals surface area contributed by atoms with Crippen molar-refractivity contribution in [1.29, 1.82) is 0 Å². The topological polar surface area (TPSA) is 38.3 Å². The second-order valence-corrected chi connectivity index (χ2v) is 3.15. The van der Waals surface area contributed by atoms with Gasteiger partial charge in [0.25, 0.3) is 0 Å². The van der Waals surface area contributed by atoms with Crippen molar-refractivity contribution in [2.45, 2.75) is 6.92 Å². The Morgan fingerprint density at radius 2 is 2.44 bits per heavy atom. The van der Waals surface area contributed by atoms with E-state index in [0.29, 0.717) is 13.2 Å². The first-order valence-corrected chi connectivity index (χ1v) is 5.91. The summed E-state index contributed by atoms with van der Waals surface area (Å²) in [7, 11) is 0. The minimum absolute atomic E-state index is 0.0116. The summed E-state index contributed by atoms with van der Waals surface area (Å²) in [6, 6.07) is 0. The molecule has 9 heavy (non-hydrogen) atoms. The molecule has 3 nitrogen and oxygen atoms in total. The monoisotopic (exact) mass is 244 g/mol. The number of rotatable bonds is 4. The number of alkyl halides is 1. The molecule has 56 valence electrons. The Morgan fingerprint density at radius 3 is 2.89 bits per heavy atom. The molecule has 0 heterocycles. The third kappa shape index (κ3) is 6.04. The molecule has 0 aliphatic heterocycles. The molecule has 0 saturated heterocycles. The van der Waals surface area contributed by atoms with E-state index in [2.05, 4.69) is 13.2 Å². The summed E-state index contributed by atoms with van der Waals surface area (Å²) in [4.78, 5) is 12.6. The summed E-state index contributed by atoms with van der Waals surface area (Å²) in [5.74, 6) is -0.154. The van der Waals surface area contributed by atoms with Gasteiger partial charge in [0.15, 0.2) is 0 Å². The van der Waals surface area contributed by atoms with Crippen LogP contribution in [0.4, 0.5) is 0 Å². The molecule has 0 unspecified atom stereocenters. The van der Waals surface area contributed by atoms with Gasteiger partial charge in [0.1, 0.15) is 0 Å². The zero-order valence-electron chi connectivity index (χ0n) is 5.61. The normalized spacial score (nSPS) is 9.56. The molecule has 0 aliphatic rings. The first-order chi connectivity index (χ1) is 4.31. The average Bonchev–Trinajstić information content (AvgIpc) is 1.85. The van der Waals surface area contributed by atoms with E-state index in [1.165, 1.54) is 0 Å². The molecule has 0 bridgehead atoms. The molecule has 4 heteroatoms. The van der Waals surface area contributed by atoms with Gasteiger partial charge in [0.05, 0.1) is 0 Å². The third-order valence-electron chi connectivity index (χ3n) is 0.650. The van der Waals surface area contributed by atoms with Gasteiger partial charge in [-0.2, -0.15) is 0 Å². The number of hydrogen-bond donors (Lipinski definition) is 1. The number of nitrogens with one attached hydrogen (secondary N) is 1. The van der Waals surface area contributed by atoms with Gasteiger partial charge in [-0.1, -0.05) is 0 Å². The summed E-state index contributed by atoms with van der Waals surface area (Å²) in [6.45, 7) is 2.65. The molecule has 0 spiro atoms. The predicted octanol–water partition coefficient (Wildman–Crippen LogP) is -3.23. The van der Waals surface area contributed by atoms with Crippen molar-refractivity contribution in [3.63, 3.8) is 0 Å². The van der Waals surface area contributed by atoms with Gasteiger partial charge in [0.2, 0.25) is 0 Å². The van der Waals surface area contributed by atoms with Crippen molar-refractivity contribution in [1.82, 2.24) is 3.53 Å². The molecule has 0 atom stereocenters. The number of carbonyl (C=O) groups is 1. The summed E-state index contributed by atoms with van der Waals surface area (Å²) < 4.78 is 7.63. The van der Waals surface area contributed by atoms with Crippen LogP contribution in [0.15, 0.2) is 0 Å². The number of ether oxygens (including phenoxy) is 1. The van der Waals surface area contributed by atoms with Crippen molar-refractivity contribution in [2.24, 2.45) is 0 Å². The summed E-state index contributed by atoms with van der Waals surface area (Å²) in [5, 5.41) is 0. The first-order valence-electron chi connectivity index (χ1n) is 2.68. The van der Waals surface area contributed by atoms with Crippen molar-refractivity contribution in [2.75, 3.05) is 18.1 Å². The van der Waals surface area contributed by atoms with Gasteiger partial charge < -0.3 is 0 Å². The molecule has 0 aromatic rings. The van der Waals surface area contributed by atoms with Crippen molar-refractivity contribution in [3.8, 4) is 0 Å². The van der Waals surface area contributed by atoms with E-state index in [4.69, 9.17) is 0 Å². The van der Waals surface area contributed by atoms with Crippen LogP contribution in [0.5, 0.6) is 0 Å². The predicted molar refractivity (Wildman–Crippen MR) is 30.6 cm³/mol. The van der Waals surface area contributed by atoms with E-state index >= 15 is 0 Å². The van der Waals surface area contributed by atoms with E-state index < -0.39 is 0 Å². The fourth-order valence-electron chi connectivity index (χ4n) is 0.333. The van der Waals surface area contributed by atoms with Crippen LogP contribution in [0.2, 0.25) is 0 Å². The number of hydrogen-bond acceptors (Lipinski definition) is 3. The second kappa shape index (κ2) is 6.28. The van der Waals surface area contributed by atoms with E-state index in [1.54, 1.807) is 6.92 Å². The molecule has 0 saturated carbocycles. The maximum atomic E-state index is 10.5. The molecule has 0 aromatic carbocycles. The number of carbonyl (C=O) groups excluding carboxylic acids is 1. The molecule has 0 fully saturated rings. The van der Waals surface area contributed by atoms with Crippen LogP contribution < -0.4 is 25.0 Å². The van der Waals surface area contributed by atoms with Gasteiger partial charge >= 0.3 is 65.5 Å². The molecule has 0 aliphatic carbocycles. The second-order valence-electron chi connectivity index (χ2n) is 1.30. The molecule has 1 N–H and O–H groups in total. The van der Waals surface area contributed by atoms with E-state index in [1.807, 2.05) is 0 Å². The third-order valence-corrected chi connectivity index (χ3v) is 1.79. The van der Waals surface area contributed by atoms with E-state index in [9.17, 15) is 4.79 Å². The van der Waals surface area contributed by atoms with Crippen LogP contribution >= 0.6 is 0 Å². The van der Waals surface area contributed by atoms with E-state index in [0.717, 1.165) is 0 Å². The molecular weight excluding hydrogens is 233 g/mol. The van der Waals surface area contributed by atoms with Gasteiger partial charge in [0, 0.05) is 0 Å². The SMILES string of the molecule is CCOC(=O)CN[I-]C. The fourth-order valence-corrected chi connectivity index (χ4v) is 1.03. The molecule has 0 amide bonds. The van der Waals surface area contributed by atoms with Crippen LogP contribution in [0.25, 0.3) is 0 Å². The van der Waals surface area contributed by atoms with Crippen molar-refractivity contribution >= 4 is 5.97 Å². The molecule has 0 rings (SSSR count). The Balaban J connectivity index is 3.06. The minimum atomic E-state index is -0.154. The van der Waals surface area contributed by atoms with Crippen molar-refractivity contribution < 1.29 is 31.0 Å². The zero-order chi connectivity index (χ0) is 7.11. The Morgan fingerprint density at radius 1 is 1.78 bits per heavy atom. The van der Waals surface area contributed by atoms with Crippen LogP contribution in [-0.2, 0) is 9.53 Å². The van der Waals surface area contributed by atoms with Crippen LogP contribution in [0, 0.1) is 0 Å². The Hall–Kier alpha value is 0.160. The number of esters is 1. The quantitative estimate of drug-likeness (QED) is 0.244. The van der Waals surface area contributed by atoms with Crippen LogP contribution in [0.1, 0.15) is 6.92 Å². The van der Waals surface area contributed by atoms with E-state index in [-0.39, 0.29) is 27.4 Å². The summed E-state index contributed by atoms with van der Waals surface area (Å²) >= 11 is 0.0116. The maximum absolute atomic E-state index is 10.5. The Kier molecular flexibility index (Phi) is 6.39. The van der Waals surface area contributed by atoms with Crippen molar-refractivity contribution in [3.05, 3.63) is 0 Å². The Labute approximate surface area is 65.8 Å². The molecule has 0 aromatic heterocycles. The van der Waals surface area contributed by atoms with Gasteiger partial charge in [-0.25, -0.2) is 0 Å². The van der Waals surface area contributed by atoms with Gasteiger partial charge in [-0.05, 0) is 0 Å². The summed E-state index contributed by atoms with van der Waals surface area (Å²) in [6.07, 6.45) is 0. The first kappa shape index (κ1) is 9.16. The summed E-state index contributed by atoms with van der Waals surface area (Å²) in [5.41, 5.74) is 0. The number of halogens is 1.